The molecule has 1 fully saturated rings. The number of halogens is 1. The molecular formula is C16H23ClN2O. The Morgan fingerprint density at radius 1 is 1.55 bits per heavy atom. The van der Waals surface area contributed by atoms with Crippen molar-refractivity contribution in [3.05, 3.63) is 34.9 Å². The number of carbonyl (C=O) groups excluding carboxylic acids is 1. The zero-order valence-corrected chi connectivity index (χ0v) is 13.1. The van der Waals surface area contributed by atoms with Gasteiger partial charge >= 0.3 is 0 Å². The molecule has 1 aliphatic carbocycles. The van der Waals surface area contributed by atoms with Gasteiger partial charge in [0.2, 0.25) is 5.91 Å². The Labute approximate surface area is 125 Å². The summed E-state index contributed by atoms with van der Waals surface area (Å²) in [5, 5.41) is 3.85. The van der Waals surface area contributed by atoms with Gasteiger partial charge in [0.1, 0.15) is 0 Å². The second-order valence-electron chi connectivity index (χ2n) is 6.27. The van der Waals surface area contributed by atoms with Crippen LogP contribution in [0, 0.1) is 11.8 Å². The van der Waals surface area contributed by atoms with E-state index in [9.17, 15) is 4.79 Å². The number of hydrogen-bond acceptors (Lipinski definition) is 2. The molecule has 0 spiro atoms. The molecule has 0 heterocycles. The second-order valence-corrected chi connectivity index (χ2v) is 6.71. The van der Waals surface area contributed by atoms with E-state index < -0.39 is 0 Å². The summed E-state index contributed by atoms with van der Waals surface area (Å²) in [6.07, 6.45) is 0.894. The molecule has 0 saturated heterocycles. The van der Waals surface area contributed by atoms with E-state index >= 15 is 0 Å². The van der Waals surface area contributed by atoms with E-state index in [0.717, 1.165) is 17.0 Å². The third-order valence-corrected chi connectivity index (χ3v) is 4.75. The summed E-state index contributed by atoms with van der Waals surface area (Å²) in [4.78, 5) is 12.4. The number of amides is 1. The number of hydrogen-bond donors (Lipinski definition) is 2. The van der Waals surface area contributed by atoms with Crippen LogP contribution in [0.1, 0.15) is 38.7 Å². The molecule has 3 N–H and O–H groups in total. The highest BCUT2D eigenvalue weighted by Gasteiger charge is 2.45. The van der Waals surface area contributed by atoms with Gasteiger partial charge in [0.25, 0.3) is 0 Å². The molecule has 1 aromatic carbocycles. The Morgan fingerprint density at radius 2 is 2.25 bits per heavy atom. The maximum atomic E-state index is 12.4. The highest BCUT2D eigenvalue weighted by Crippen LogP contribution is 2.48. The fraction of sp³-hybridized carbons (Fsp3) is 0.562. The summed E-state index contributed by atoms with van der Waals surface area (Å²) in [5.41, 5.74) is 6.63. The highest BCUT2D eigenvalue weighted by atomic mass is 35.5. The Morgan fingerprint density at radius 3 is 2.80 bits per heavy atom. The van der Waals surface area contributed by atoms with Crippen molar-refractivity contribution in [2.24, 2.45) is 17.6 Å². The van der Waals surface area contributed by atoms with Gasteiger partial charge in [-0.15, -0.1) is 0 Å². The van der Waals surface area contributed by atoms with Gasteiger partial charge in [-0.05, 0) is 42.9 Å². The Hall–Kier alpha value is -1.06. The summed E-state index contributed by atoms with van der Waals surface area (Å²) in [5.74, 6) is 0.762. The number of nitrogens with two attached hydrogens (primary N) is 1. The van der Waals surface area contributed by atoms with E-state index in [1.165, 1.54) is 0 Å². The van der Waals surface area contributed by atoms with Gasteiger partial charge in [-0.1, -0.05) is 37.6 Å². The summed E-state index contributed by atoms with van der Waals surface area (Å²) >= 11 is 6.00. The van der Waals surface area contributed by atoms with Gasteiger partial charge in [-0.25, -0.2) is 0 Å². The minimum Gasteiger partial charge on any atom is -0.349 e. The maximum absolute atomic E-state index is 12.4. The summed E-state index contributed by atoms with van der Waals surface area (Å²) in [7, 11) is 0. The Kier molecular flexibility index (Phi) is 4.40. The van der Waals surface area contributed by atoms with Gasteiger partial charge in [-0.2, -0.15) is 0 Å². The molecule has 1 amide bonds. The second kappa shape index (κ2) is 5.74. The largest absolute Gasteiger partial charge is 0.349 e. The first-order chi connectivity index (χ1) is 9.37. The number of carbonyl (C=O) groups is 1. The third kappa shape index (κ3) is 3.15. The van der Waals surface area contributed by atoms with Gasteiger partial charge in [0.05, 0.1) is 5.54 Å². The molecule has 0 aliphatic heterocycles. The van der Waals surface area contributed by atoms with Crippen molar-refractivity contribution in [1.82, 2.24) is 5.32 Å². The molecule has 4 heteroatoms. The minimum absolute atomic E-state index is 0.0538. The Balaban J connectivity index is 2.00. The molecule has 20 heavy (non-hydrogen) atoms. The lowest BCUT2D eigenvalue weighted by molar-refractivity contribution is -0.124. The van der Waals surface area contributed by atoms with Crippen LogP contribution in [-0.2, 0) is 4.79 Å². The first kappa shape index (κ1) is 15.3. The molecule has 1 aliphatic rings. The van der Waals surface area contributed by atoms with Crippen molar-refractivity contribution in [1.29, 1.82) is 0 Å². The van der Waals surface area contributed by atoms with E-state index in [1.807, 2.05) is 31.2 Å². The number of rotatable bonds is 5. The average molecular weight is 295 g/mol. The van der Waals surface area contributed by atoms with Crippen LogP contribution in [0.2, 0.25) is 5.02 Å². The number of benzene rings is 1. The van der Waals surface area contributed by atoms with E-state index in [2.05, 4.69) is 19.2 Å². The van der Waals surface area contributed by atoms with Gasteiger partial charge in [0.15, 0.2) is 0 Å². The van der Waals surface area contributed by atoms with Crippen molar-refractivity contribution in [3.8, 4) is 0 Å². The summed E-state index contributed by atoms with van der Waals surface area (Å²) < 4.78 is 0. The first-order valence-electron chi connectivity index (χ1n) is 7.15. The predicted molar refractivity (Wildman–Crippen MR) is 82.7 cm³/mol. The summed E-state index contributed by atoms with van der Waals surface area (Å²) in [6.45, 7) is 6.61. The number of nitrogens with one attached hydrogen (secondary N) is 1. The quantitative estimate of drug-likeness (QED) is 0.877. The SMILES string of the molecule is CC(C)C(C)(CN)NC(=O)C1CC1c1cccc(Cl)c1. The fourth-order valence-electron chi connectivity index (χ4n) is 2.40. The van der Waals surface area contributed by atoms with E-state index in [-0.39, 0.29) is 17.4 Å². The van der Waals surface area contributed by atoms with E-state index in [1.54, 1.807) is 0 Å². The normalized spacial score (nSPS) is 24.3. The van der Waals surface area contributed by atoms with Crippen LogP contribution >= 0.6 is 11.6 Å². The van der Waals surface area contributed by atoms with Crippen molar-refractivity contribution in [2.75, 3.05) is 6.54 Å². The molecule has 0 radical (unpaired) electrons. The average Bonchev–Trinajstić information content (AvgIpc) is 3.18. The lowest BCUT2D eigenvalue weighted by Crippen LogP contribution is -2.55. The maximum Gasteiger partial charge on any atom is 0.224 e. The molecule has 1 aromatic rings. The van der Waals surface area contributed by atoms with Crippen molar-refractivity contribution < 1.29 is 4.79 Å². The molecule has 0 aromatic heterocycles. The van der Waals surface area contributed by atoms with Crippen molar-refractivity contribution in [2.45, 2.75) is 38.6 Å². The van der Waals surface area contributed by atoms with Crippen LogP contribution in [0.3, 0.4) is 0 Å². The highest BCUT2D eigenvalue weighted by molar-refractivity contribution is 6.30. The van der Waals surface area contributed by atoms with E-state index in [0.29, 0.717) is 18.4 Å². The zero-order valence-electron chi connectivity index (χ0n) is 12.3. The molecule has 3 atom stereocenters. The first-order valence-corrected chi connectivity index (χ1v) is 7.52. The van der Waals surface area contributed by atoms with Crippen LogP contribution in [0.15, 0.2) is 24.3 Å². The zero-order chi connectivity index (χ0) is 14.9. The van der Waals surface area contributed by atoms with Crippen LogP contribution in [0.5, 0.6) is 0 Å². The van der Waals surface area contributed by atoms with Crippen LogP contribution in [-0.4, -0.2) is 18.0 Å². The monoisotopic (exact) mass is 294 g/mol. The van der Waals surface area contributed by atoms with Gasteiger partial charge in [0, 0.05) is 17.5 Å². The van der Waals surface area contributed by atoms with Crippen LogP contribution in [0.4, 0.5) is 0 Å². The van der Waals surface area contributed by atoms with Gasteiger partial charge < -0.3 is 11.1 Å². The minimum atomic E-state index is -0.335. The fourth-order valence-corrected chi connectivity index (χ4v) is 2.59. The van der Waals surface area contributed by atoms with Crippen LogP contribution in [0.25, 0.3) is 0 Å². The lowest BCUT2D eigenvalue weighted by atomic mass is 9.88. The van der Waals surface area contributed by atoms with E-state index in [4.69, 9.17) is 17.3 Å². The molecule has 3 nitrogen and oxygen atoms in total. The predicted octanol–water partition coefficient (Wildman–Crippen LogP) is 2.93. The molecule has 2 rings (SSSR count). The van der Waals surface area contributed by atoms with Gasteiger partial charge in [-0.3, -0.25) is 4.79 Å². The molecule has 0 bridgehead atoms. The van der Waals surface area contributed by atoms with Crippen LogP contribution < -0.4 is 11.1 Å². The van der Waals surface area contributed by atoms with Crippen molar-refractivity contribution >= 4 is 17.5 Å². The molecule has 3 unspecified atom stereocenters. The molecule has 110 valence electrons. The standard InChI is InChI=1S/C16H23ClN2O/c1-10(2)16(3,9-18)19-15(20)14-8-13(14)11-5-4-6-12(17)7-11/h4-7,10,13-14H,8-9,18H2,1-3H3,(H,19,20). The molecular weight excluding hydrogens is 272 g/mol. The Bertz CT molecular complexity index is 503. The third-order valence-electron chi connectivity index (χ3n) is 4.51. The lowest BCUT2D eigenvalue weighted by Gasteiger charge is -2.33. The summed E-state index contributed by atoms with van der Waals surface area (Å²) in [6, 6.07) is 7.77. The molecule has 1 saturated carbocycles. The topological polar surface area (TPSA) is 55.1 Å². The smallest absolute Gasteiger partial charge is 0.224 e. The van der Waals surface area contributed by atoms with Crippen molar-refractivity contribution in [3.63, 3.8) is 0 Å².